The molecule has 2 amide bonds. The molecular formula is C25H21ClN2O5. The molecule has 6 atom stereocenters. The summed E-state index contributed by atoms with van der Waals surface area (Å²) in [4.78, 5) is 46.0. The lowest BCUT2D eigenvalue weighted by Gasteiger charge is -2.30. The van der Waals surface area contributed by atoms with Crippen molar-refractivity contribution in [2.45, 2.75) is 19.4 Å². The molecule has 0 spiro atoms. The van der Waals surface area contributed by atoms with Gasteiger partial charge in [0, 0.05) is 22.4 Å². The van der Waals surface area contributed by atoms with Crippen LogP contribution in [0.1, 0.15) is 29.3 Å². The molecular weight excluding hydrogens is 444 g/mol. The van der Waals surface area contributed by atoms with Gasteiger partial charge in [-0.1, -0.05) is 35.0 Å². The van der Waals surface area contributed by atoms with Gasteiger partial charge in [-0.25, -0.2) is 4.79 Å². The summed E-state index contributed by atoms with van der Waals surface area (Å²) >= 11 is 6.42. The molecule has 2 aromatic carbocycles. The van der Waals surface area contributed by atoms with Crippen LogP contribution in [0.2, 0.25) is 5.02 Å². The van der Waals surface area contributed by atoms with Crippen molar-refractivity contribution in [3.8, 4) is 0 Å². The maximum absolute atomic E-state index is 13.5. The van der Waals surface area contributed by atoms with Gasteiger partial charge < -0.3 is 9.57 Å². The van der Waals surface area contributed by atoms with Crippen molar-refractivity contribution in [3.63, 3.8) is 0 Å². The number of ether oxygens (including phenoxy) is 1. The highest BCUT2D eigenvalue weighted by atomic mass is 35.5. The van der Waals surface area contributed by atoms with Crippen LogP contribution in [0, 0.1) is 29.6 Å². The van der Waals surface area contributed by atoms with Crippen molar-refractivity contribution in [2.75, 3.05) is 11.5 Å². The monoisotopic (exact) mass is 464 g/mol. The molecule has 1 saturated heterocycles. The molecule has 2 heterocycles. The van der Waals surface area contributed by atoms with Gasteiger partial charge in [0.2, 0.25) is 11.8 Å². The highest BCUT2D eigenvalue weighted by Crippen LogP contribution is 2.62. The number of anilines is 1. The van der Waals surface area contributed by atoms with Gasteiger partial charge in [-0.05, 0) is 49.6 Å². The van der Waals surface area contributed by atoms with Gasteiger partial charge in [0.1, 0.15) is 6.10 Å². The highest BCUT2D eigenvalue weighted by Gasteiger charge is 2.70. The zero-order valence-corrected chi connectivity index (χ0v) is 18.6. The molecule has 8 heteroatoms. The van der Waals surface area contributed by atoms with E-state index in [1.807, 2.05) is 24.3 Å². The molecule has 0 aromatic heterocycles. The summed E-state index contributed by atoms with van der Waals surface area (Å²) in [6.07, 6.45) is 0.548. The predicted molar refractivity (Wildman–Crippen MR) is 120 cm³/mol. The van der Waals surface area contributed by atoms with E-state index in [9.17, 15) is 14.4 Å². The summed E-state index contributed by atoms with van der Waals surface area (Å²) in [5, 5.41) is 4.93. The number of carbonyl (C=O) groups excluding carboxylic acids is 3. The van der Waals surface area contributed by atoms with Gasteiger partial charge in [-0.3, -0.25) is 14.5 Å². The Morgan fingerprint density at radius 1 is 1.06 bits per heavy atom. The van der Waals surface area contributed by atoms with Crippen molar-refractivity contribution in [2.24, 2.45) is 34.7 Å². The summed E-state index contributed by atoms with van der Waals surface area (Å²) in [7, 11) is 0. The summed E-state index contributed by atoms with van der Waals surface area (Å²) < 4.78 is 5.01. The van der Waals surface area contributed by atoms with Crippen molar-refractivity contribution in [3.05, 3.63) is 64.7 Å². The second-order valence-corrected chi connectivity index (χ2v) is 9.35. The molecule has 2 aromatic rings. The number of esters is 1. The van der Waals surface area contributed by atoms with E-state index in [2.05, 4.69) is 5.16 Å². The maximum Gasteiger partial charge on any atom is 0.338 e. The Hall–Kier alpha value is -3.19. The molecule has 6 rings (SSSR count). The van der Waals surface area contributed by atoms with Crippen LogP contribution >= 0.6 is 11.6 Å². The first-order chi connectivity index (χ1) is 16.0. The van der Waals surface area contributed by atoms with Crippen LogP contribution in [0.3, 0.4) is 0 Å². The largest absolute Gasteiger partial charge is 0.462 e. The fourth-order valence-corrected chi connectivity index (χ4v) is 6.47. The number of rotatable bonds is 4. The molecule has 7 nitrogen and oxygen atoms in total. The molecule has 4 aliphatic rings. The van der Waals surface area contributed by atoms with Crippen molar-refractivity contribution in [1.82, 2.24) is 0 Å². The van der Waals surface area contributed by atoms with Gasteiger partial charge >= 0.3 is 5.97 Å². The van der Waals surface area contributed by atoms with Crippen molar-refractivity contribution in [1.29, 1.82) is 0 Å². The van der Waals surface area contributed by atoms with E-state index in [4.69, 9.17) is 21.2 Å². The van der Waals surface area contributed by atoms with E-state index in [1.54, 1.807) is 31.2 Å². The SMILES string of the molecule is CCOC(=O)c1ccc(N2C(=O)[C@@H]3[C@@H]4C[C@H]([C@H]5ON=C(c6ccccc6Cl)[C@H]45)[C@@H]3C2=O)cc1. The number of hydrogen-bond donors (Lipinski definition) is 0. The normalized spacial score (nSPS) is 31.3. The van der Waals surface area contributed by atoms with Gasteiger partial charge in [0.25, 0.3) is 0 Å². The summed E-state index contributed by atoms with van der Waals surface area (Å²) in [6.45, 7) is 2.02. The third-order valence-electron chi connectivity index (χ3n) is 7.48. The van der Waals surface area contributed by atoms with Gasteiger partial charge in [-0.15, -0.1) is 0 Å². The minimum absolute atomic E-state index is 0.0252. The van der Waals surface area contributed by atoms with Crippen LogP contribution in [-0.4, -0.2) is 36.2 Å². The lowest BCUT2D eigenvalue weighted by molar-refractivity contribution is -0.125. The summed E-state index contributed by atoms with van der Waals surface area (Å²) in [6, 6.07) is 13.9. The molecule has 0 N–H and O–H groups in total. The Labute approximate surface area is 195 Å². The Bertz CT molecular complexity index is 1210. The first-order valence-electron chi connectivity index (χ1n) is 11.1. The quantitative estimate of drug-likeness (QED) is 0.509. The van der Waals surface area contributed by atoms with E-state index in [0.29, 0.717) is 16.3 Å². The number of benzene rings is 2. The molecule has 33 heavy (non-hydrogen) atoms. The van der Waals surface area contributed by atoms with Crippen LogP contribution in [0.4, 0.5) is 5.69 Å². The highest BCUT2D eigenvalue weighted by molar-refractivity contribution is 6.34. The molecule has 2 aliphatic carbocycles. The van der Waals surface area contributed by atoms with Gasteiger partial charge in [0.05, 0.1) is 35.4 Å². The first kappa shape index (κ1) is 20.4. The number of carbonyl (C=O) groups is 3. The van der Waals surface area contributed by atoms with Crippen LogP contribution in [-0.2, 0) is 19.2 Å². The van der Waals surface area contributed by atoms with Crippen molar-refractivity contribution < 1.29 is 24.0 Å². The first-order valence-corrected chi connectivity index (χ1v) is 11.5. The Balaban J connectivity index is 1.29. The van der Waals surface area contributed by atoms with Crippen LogP contribution in [0.25, 0.3) is 0 Å². The Kier molecular flexibility index (Phi) is 4.59. The van der Waals surface area contributed by atoms with E-state index in [-0.39, 0.29) is 42.3 Å². The van der Waals surface area contributed by atoms with E-state index in [0.717, 1.165) is 17.7 Å². The van der Waals surface area contributed by atoms with Gasteiger partial charge in [-0.2, -0.15) is 0 Å². The fraction of sp³-hybridized carbons (Fsp3) is 0.360. The average molecular weight is 465 g/mol. The van der Waals surface area contributed by atoms with Crippen molar-refractivity contribution >= 4 is 40.8 Å². The standard InChI is InChI=1S/C25H21ClN2O5/c1-2-32-25(31)12-7-9-13(10-8-12)28-23(29)18-15-11-16(19(18)24(28)30)22-20(15)21(27-33-22)14-5-3-4-6-17(14)26/h3-10,15-16,18-20,22H,2,11H2,1H3/t15-,16-,18+,19-,20-,22+/m0/s1. The van der Waals surface area contributed by atoms with E-state index >= 15 is 0 Å². The molecule has 3 fully saturated rings. The predicted octanol–water partition coefficient (Wildman–Crippen LogP) is 3.69. The van der Waals surface area contributed by atoms with E-state index < -0.39 is 17.8 Å². The molecule has 2 bridgehead atoms. The number of fused-ring (bicyclic) bond motifs is 8. The maximum atomic E-state index is 13.5. The second kappa shape index (κ2) is 7.42. The Morgan fingerprint density at radius 2 is 1.76 bits per heavy atom. The number of hydrogen-bond acceptors (Lipinski definition) is 6. The topological polar surface area (TPSA) is 85.3 Å². The van der Waals surface area contributed by atoms with Crippen LogP contribution in [0.5, 0.6) is 0 Å². The van der Waals surface area contributed by atoms with E-state index in [1.165, 1.54) is 4.90 Å². The lowest BCUT2D eigenvalue weighted by atomic mass is 9.71. The number of amides is 2. The van der Waals surface area contributed by atoms with Crippen LogP contribution < -0.4 is 4.90 Å². The van der Waals surface area contributed by atoms with Gasteiger partial charge in [0.15, 0.2) is 0 Å². The Morgan fingerprint density at radius 3 is 2.45 bits per heavy atom. The minimum atomic E-state index is -0.436. The zero-order valence-electron chi connectivity index (χ0n) is 17.8. The van der Waals surface area contributed by atoms with Crippen LogP contribution in [0.15, 0.2) is 53.7 Å². The lowest BCUT2D eigenvalue weighted by Crippen LogP contribution is -2.41. The average Bonchev–Trinajstić information content (AvgIpc) is 3.55. The third-order valence-corrected chi connectivity index (χ3v) is 7.81. The number of oxime groups is 1. The summed E-state index contributed by atoms with van der Waals surface area (Å²) in [5.74, 6) is -1.78. The number of imide groups is 1. The fourth-order valence-electron chi connectivity index (χ4n) is 6.23. The zero-order chi connectivity index (χ0) is 22.9. The molecule has 0 radical (unpaired) electrons. The summed E-state index contributed by atoms with van der Waals surface area (Å²) in [5.41, 5.74) is 2.44. The number of halogens is 1. The minimum Gasteiger partial charge on any atom is -0.462 e. The molecule has 0 unspecified atom stereocenters. The molecule has 2 aliphatic heterocycles. The second-order valence-electron chi connectivity index (χ2n) is 8.95. The third kappa shape index (κ3) is 2.81. The smallest absolute Gasteiger partial charge is 0.338 e. The number of nitrogens with zero attached hydrogens (tertiary/aromatic N) is 2. The molecule has 168 valence electrons. The molecule has 2 saturated carbocycles.